The van der Waals surface area contributed by atoms with Crippen LogP contribution in [0.3, 0.4) is 0 Å². The van der Waals surface area contributed by atoms with E-state index in [9.17, 15) is 18.3 Å². The van der Waals surface area contributed by atoms with Crippen LogP contribution in [0.1, 0.15) is 24.0 Å². The van der Waals surface area contributed by atoms with Gasteiger partial charge >= 0.3 is 0 Å². The van der Waals surface area contributed by atoms with Gasteiger partial charge in [0.15, 0.2) is 9.84 Å². The Bertz CT molecular complexity index is 864. The van der Waals surface area contributed by atoms with Crippen LogP contribution >= 0.6 is 0 Å². The average Bonchev–Trinajstić information content (AvgIpc) is 2.97. The molecule has 0 bridgehead atoms. The van der Waals surface area contributed by atoms with Crippen molar-refractivity contribution in [2.75, 3.05) is 12.3 Å². The van der Waals surface area contributed by atoms with Gasteiger partial charge in [-0.15, -0.1) is 0 Å². The molecule has 0 spiro atoms. The van der Waals surface area contributed by atoms with E-state index < -0.39 is 15.4 Å². The molecule has 1 aliphatic rings. The molecule has 0 aromatic heterocycles. The van der Waals surface area contributed by atoms with E-state index in [0.717, 1.165) is 17.5 Å². The van der Waals surface area contributed by atoms with Crippen LogP contribution in [0.4, 0.5) is 0 Å². The summed E-state index contributed by atoms with van der Waals surface area (Å²) in [6.45, 7) is 0.0915. The summed E-state index contributed by atoms with van der Waals surface area (Å²) in [5.41, 5.74) is 0.850. The fraction of sp³-hybridized carbons (Fsp3) is 0.316. The molecule has 1 aliphatic carbocycles. The first kappa shape index (κ1) is 17.6. The molecule has 2 aromatic carbocycles. The molecule has 3 rings (SSSR count). The molecular formula is C19H21NO4S. The lowest BCUT2D eigenvalue weighted by Crippen LogP contribution is -2.39. The lowest BCUT2D eigenvalue weighted by molar-refractivity contribution is -0.122. The first-order valence-electron chi connectivity index (χ1n) is 8.26. The molecule has 132 valence electrons. The SMILES string of the molecule is O=C(CCS(=O)(=O)c1ccccc1)NC[C@@]1(O)CCc2ccccc21. The Hall–Kier alpha value is -2.18. The number of fused-ring (bicyclic) bond motifs is 1. The fourth-order valence-electron chi connectivity index (χ4n) is 3.16. The minimum absolute atomic E-state index is 0.0915. The maximum Gasteiger partial charge on any atom is 0.221 e. The van der Waals surface area contributed by atoms with Gasteiger partial charge in [-0.05, 0) is 36.1 Å². The summed E-state index contributed by atoms with van der Waals surface area (Å²) < 4.78 is 24.4. The molecule has 2 N–H and O–H groups in total. The van der Waals surface area contributed by atoms with Crippen LogP contribution < -0.4 is 5.32 Å². The van der Waals surface area contributed by atoms with Crippen molar-refractivity contribution in [2.24, 2.45) is 0 Å². The smallest absolute Gasteiger partial charge is 0.221 e. The third-order valence-electron chi connectivity index (χ3n) is 4.60. The fourth-order valence-corrected chi connectivity index (χ4v) is 4.42. The Morgan fingerprint density at radius 1 is 1.08 bits per heavy atom. The largest absolute Gasteiger partial charge is 0.383 e. The Balaban J connectivity index is 1.56. The quantitative estimate of drug-likeness (QED) is 0.824. The lowest BCUT2D eigenvalue weighted by atomic mass is 9.96. The van der Waals surface area contributed by atoms with Crippen LogP contribution in [0.25, 0.3) is 0 Å². The van der Waals surface area contributed by atoms with Crippen molar-refractivity contribution in [3.8, 4) is 0 Å². The molecule has 5 nitrogen and oxygen atoms in total. The second-order valence-corrected chi connectivity index (χ2v) is 8.46. The van der Waals surface area contributed by atoms with Crippen molar-refractivity contribution < 1.29 is 18.3 Å². The number of aryl methyl sites for hydroxylation is 1. The summed E-state index contributed by atoms with van der Waals surface area (Å²) in [5.74, 6) is -0.630. The summed E-state index contributed by atoms with van der Waals surface area (Å²) in [4.78, 5) is 12.3. The Kier molecular flexibility index (Phi) is 4.92. The molecule has 2 aromatic rings. The topological polar surface area (TPSA) is 83.5 Å². The van der Waals surface area contributed by atoms with Gasteiger partial charge in [-0.25, -0.2) is 8.42 Å². The Morgan fingerprint density at radius 3 is 2.52 bits per heavy atom. The van der Waals surface area contributed by atoms with Gasteiger partial charge in [0.05, 0.1) is 17.2 Å². The number of aliphatic hydroxyl groups is 1. The number of amides is 1. The van der Waals surface area contributed by atoms with Crippen molar-refractivity contribution in [1.29, 1.82) is 0 Å². The predicted octanol–water partition coefficient (Wildman–Crippen LogP) is 1.80. The Morgan fingerprint density at radius 2 is 1.76 bits per heavy atom. The number of rotatable bonds is 6. The standard InChI is InChI=1S/C19H21NO4S/c21-18(11-13-25(23,24)16-7-2-1-3-8-16)20-14-19(22)12-10-15-6-4-5-9-17(15)19/h1-9,22H,10-14H2,(H,20,21)/t19-/m0/s1. The monoisotopic (exact) mass is 359 g/mol. The number of carbonyl (C=O) groups excluding carboxylic acids is 1. The van der Waals surface area contributed by atoms with E-state index in [2.05, 4.69) is 5.32 Å². The highest BCUT2D eigenvalue weighted by atomic mass is 32.2. The Labute approximate surface area is 147 Å². The molecule has 25 heavy (non-hydrogen) atoms. The van der Waals surface area contributed by atoms with Gasteiger partial charge in [0.2, 0.25) is 5.91 Å². The molecular weight excluding hydrogens is 338 g/mol. The second-order valence-electron chi connectivity index (χ2n) is 6.35. The predicted molar refractivity (Wildman–Crippen MR) is 94.8 cm³/mol. The normalized spacial score (nSPS) is 19.4. The van der Waals surface area contributed by atoms with E-state index in [1.807, 2.05) is 24.3 Å². The minimum atomic E-state index is -3.48. The third-order valence-corrected chi connectivity index (χ3v) is 6.34. The molecule has 0 heterocycles. The summed E-state index contributed by atoms with van der Waals surface area (Å²) in [7, 11) is -3.48. The number of sulfone groups is 1. The van der Waals surface area contributed by atoms with Crippen molar-refractivity contribution in [1.82, 2.24) is 5.32 Å². The lowest BCUT2D eigenvalue weighted by Gasteiger charge is -2.24. The summed E-state index contributed by atoms with van der Waals surface area (Å²) in [6, 6.07) is 15.7. The number of carbonyl (C=O) groups is 1. The van der Waals surface area contributed by atoms with Crippen LogP contribution in [0, 0.1) is 0 Å². The van der Waals surface area contributed by atoms with Crippen LogP contribution in [-0.2, 0) is 26.7 Å². The minimum Gasteiger partial charge on any atom is -0.383 e. The summed E-state index contributed by atoms with van der Waals surface area (Å²) >= 11 is 0. The van der Waals surface area contributed by atoms with E-state index in [-0.39, 0.29) is 29.5 Å². The molecule has 0 saturated heterocycles. The molecule has 0 fully saturated rings. The van der Waals surface area contributed by atoms with Gasteiger partial charge in [0.1, 0.15) is 5.60 Å². The van der Waals surface area contributed by atoms with Crippen LogP contribution in [0.5, 0.6) is 0 Å². The first-order chi connectivity index (χ1) is 11.9. The van der Waals surface area contributed by atoms with Crippen molar-refractivity contribution in [3.05, 3.63) is 65.7 Å². The number of hydrogen-bond acceptors (Lipinski definition) is 4. The number of hydrogen-bond donors (Lipinski definition) is 2. The molecule has 0 radical (unpaired) electrons. The molecule has 6 heteroatoms. The van der Waals surface area contributed by atoms with Gasteiger partial charge in [0, 0.05) is 6.42 Å². The van der Waals surface area contributed by atoms with E-state index in [4.69, 9.17) is 0 Å². The summed E-state index contributed by atoms with van der Waals surface area (Å²) in [6.07, 6.45) is 1.19. The number of benzene rings is 2. The molecule has 1 atom stereocenters. The van der Waals surface area contributed by atoms with E-state index in [1.54, 1.807) is 18.2 Å². The zero-order valence-electron chi connectivity index (χ0n) is 13.8. The van der Waals surface area contributed by atoms with Gasteiger partial charge in [-0.1, -0.05) is 42.5 Å². The average molecular weight is 359 g/mol. The van der Waals surface area contributed by atoms with Crippen molar-refractivity contribution >= 4 is 15.7 Å². The van der Waals surface area contributed by atoms with Crippen LogP contribution in [0.15, 0.2) is 59.5 Å². The highest BCUT2D eigenvalue weighted by Crippen LogP contribution is 2.36. The molecule has 0 unspecified atom stereocenters. The number of nitrogens with one attached hydrogen (secondary N) is 1. The van der Waals surface area contributed by atoms with Crippen molar-refractivity contribution in [2.45, 2.75) is 29.8 Å². The summed E-state index contributed by atoms with van der Waals surface area (Å²) in [5, 5.41) is 13.4. The second kappa shape index (κ2) is 6.98. The maximum atomic E-state index is 12.2. The van der Waals surface area contributed by atoms with E-state index in [0.29, 0.717) is 6.42 Å². The molecule has 0 aliphatic heterocycles. The third kappa shape index (κ3) is 3.91. The van der Waals surface area contributed by atoms with Gasteiger partial charge in [0.25, 0.3) is 0 Å². The van der Waals surface area contributed by atoms with Gasteiger partial charge in [-0.2, -0.15) is 0 Å². The van der Waals surface area contributed by atoms with Crippen LogP contribution in [-0.4, -0.2) is 31.7 Å². The van der Waals surface area contributed by atoms with E-state index in [1.165, 1.54) is 12.1 Å². The maximum absolute atomic E-state index is 12.2. The molecule has 0 saturated carbocycles. The zero-order chi connectivity index (χ0) is 17.9. The van der Waals surface area contributed by atoms with Crippen LogP contribution in [0.2, 0.25) is 0 Å². The first-order valence-corrected chi connectivity index (χ1v) is 9.91. The van der Waals surface area contributed by atoms with Gasteiger partial charge < -0.3 is 10.4 Å². The van der Waals surface area contributed by atoms with Gasteiger partial charge in [-0.3, -0.25) is 4.79 Å². The highest BCUT2D eigenvalue weighted by Gasteiger charge is 2.36. The van der Waals surface area contributed by atoms with Crippen molar-refractivity contribution in [3.63, 3.8) is 0 Å². The molecule has 1 amide bonds. The zero-order valence-corrected chi connectivity index (χ0v) is 14.6. The highest BCUT2D eigenvalue weighted by molar-refractivity contribution is 7.91. The van der Waals surface area contributed by atoms with E-state index >= 15 is 0 Å².